The van der Waals surface area contributed by atoms with E-state index in [1.165, 1.54) is 19.2 Å². The number of methoxy groups -OCH3 is 1. The standard InChI is InChI=1S/C14H19F2NO/c1-18-13-5-4-10(7-12(13)15)8-14(16)6-2-3-11(17)9-14/h4-5,7,11H,2-3,6,8-9,17H2,1H3. The zero-order chi connectivity index (χ0) is 13.2. The number of alkyl halides is 1. The molecule has 100 valence electrons. The molecule has 1 aliphatic rings. The second-order valence-corrected chi connectivity index (χ2v) is 5.15. The zero-order valence-electron chi connectivity index (χ0n) is 10.6. The summed E-state index contributed by atoms with van der Waals surface area (Å²) in [5, 5.41) is 0. The van der Waals surface area contributed by atoms with Crippen LogP contribution < -0.4 is 10.5 Å². The average molecular weight is 255 g/mol. The van der Waals surface area contributed by atoms with E-state index in [-0.39, 0.29) is 18.2 Å². The van der Waals surface area contributed by atoms with Crippen molar-refractivity contribution in [1.82, 2.24) is 0 Å². The third-order valence-corrected chi connectivity index (χ3v) is 3.56. The molecule has 2 rings (SSSR count). The van der Waals surface area contributed by atoms with Crippen LogP contribution in [-0.4, -0.2) is 18.8 Å². The van der Waals surface area contributed by atoms with Gasteiger partial charge in [-0.3, -0.25) is 0 Å². The lowest BCUT2D eigenvalue weighted by Crippen LogP contribution is -2.39. The van der Waals surface area contributed by atoms with E-state index in [0.717, 1.165) is 12.8 Å². The van der Waals surface area contributed by atoms with Gasteiger partial charge in [0.25, 0.3) is 0 Å². The third-order valence-electron chi connectivity index (χ3n) is 3.56. The molecule has 1 fully saturated rings. The summed E-state index contributed by atoms with van der Waals surface area (Å²) in [5.41, 5.74) is 5.17. The fraction of sp³-hybridized carbons (Fsp3) is 0.571. The molecule has 0 bridgehead atoms. The third kappa shape index (κ3) is 2.99. The van der Waals surface area contributed by atoms with Crippen molar-refractivity contribution in [3.8, 4) is 5.75 Å². The summed E-state index contributed by atoms with van der Waals surface area (Å²) in [7, 11) is 1.41. The Morgan fingerprint density at radius 3 is 2.89 bits per heavy atom. The van der Waals surface area contributed by atoms with E-state index in [2.05, 4.69) is 0 Å². The minimum absolute atomic E-state index is 0.0770. The minimum Gasteiger partial charge on any atom is -0.494 e. The molecule has 0 heterocycles. The molecule has 0 radical (unpaired) electrons. The Morgan fingerprint density at radius 1 is 1.50 bits per heavy atom. The van der Waals surface area contributed by atoms with E-state index in [4.69, 9.17) is 10.5 Å². The predicted octanol–water partition coefficient (Wildman–Crippen LogP) is 2.99. The van der Waals surface area contributed by atoms with E-state index >= 15 is 0 Å². The fourth-order valence-corrected chi connectivity index (χ4v) is 2.70. The molecule has 0 amide bonds. The highest BCUT2D eigenvalue weighted by atomic mass is 19.1. The Morgan fingerprint density at radius 2 is 2.28 bits per heavy atom. The van der Waals surface area contributed by atoms with Gasteiger partial charge < -0.3 is 10.5 Å². The van der Waals surface area contributed by atoms with Crippen molar-refractivity contribution in [1.29, 1.82) is 0 Å². The normalized spacial score (nSPS) is 28.1. The second kappa shape index (κ2) is 5.22. The highest BCUT2D eigenvalue weighted by Gasteiger charge is 2.35. The number of halogens is 2. The molecule has 18 heavy (non-hydrogen) atoms. The number of hydrogen-bond acceptors (Lipinski definition) is 2. The molecule has 4 heteroatoms. The summed E-state index contributed by atoms with van der Waals surface area (Å²) < 4.78 is 33.0. The van der Waals surface area contributed by atoms with Gasteiger partial charge in [-0.05, 0) is 43.4 Å². The summed E-state index contributed by atoms with van der Waals surface area (Å²) in [6, 6.07) is 4.52. The topological polar surface area (TPSA) is 35.2 Å². The zero-order valence-corrected chi connectivity index (χ0v) is 10.6. The molecule has 0 spiro atoms. The van der Waals surface area contributed by atoms with Crippen LogP contribution in [0, 0.1) is 5.82 Å². The van der Waals surface area contributed by atoms with Crippen molar-refractivity contribution < 1.29 is 13.5 Å². The van der Waals surface area contributed by atoms with Crippen LogP contribution in [-0.2, 0) is 6.42 Å². The first kappa shape index (κ1) is 13.3. The van der Waals surface area contributed by atoms with E-state index in [0.29, 0.717) is 18.4 Å². The molecule has 2 N–H and O–H groups in total. The van der Waals surface area contributed by atoms with E-state index in [1.54, 1.807) is 6.07 Å². The maximum atomic E-state index is 14.6. The Hall–Kier alpha value is -1.16. The second-order valence-electron chi connectivity index (χ2n) is 5.15. The van der Waals surface area contributed by atoms with Crippen molar-refractivity contribution in [2.75, 3.05) is 7.11 Å². The lowest BCUT2D eigenvalue weighted by molar-refractivity contribution is 0.0964. The summed E-state index contributed by atoms with van der Waals surface area (Å²) >= 11 is 0. The molecule has 0 saturated heterocycles. The largest absolute Gasteiger partial charge is 0.494 e. The fourth-order valence-electron chi connectivity index (χ4n) is 2.70. The molecule has 1 aromatic rings. The SMILES string of the molecule is COc1ccc(CC2(F)CCCC(N)C2)cc1F. The van der Waals surface area contributed by atoms with Crippen LogP contribution in [0.4, 0.5) is 8.78 Å². The number of nitrogens with two attached hydrogens (primary N) is 1. The number of ether oxygens (including phenoxy) is 1. The number of benzene rings is 1. The van der Waals surface area contributed by atoms with Gasteiger partial charge in [0.15, 0.2) is 11.6 Å². The molecule has 2 nitrogen and oxygen atoms in total. The summed E-state index contributed by atoms with van der Waals surface area (Å²) in [6.45, 7) is 0. The summed E-state index contributed by atoms with van der Waals surface area (Å²) in [5.74, 6) is -0.259. The van der Waals surface area contributed by atoms with Crippen molar-refractivity contribution in [3.05, 3.63) is 29.6 Å². The first-order chi connectivity index (χ1) is 8.52. The lowest BCUT2D eigenvalue weighted by atomic mass is 9.80. The van der Waals surface area contributed by atoms with Crippen molar-refractivity contribution in [2.24, 2.45) is 5.73 Å². The smallest absolute Gasteiger partial charge is 0.165 e. The quantitative estimate of drug-likeness (QED) is 0.901. The van der Waals surface area contributed by atoms with Gasteiger partial charge in [0, 0.05) is 12.5 Å². The van der Waals surface area contributed by atoms with Crippen molar-refractivity contribution >= 4 is 0 Å². The van der Waals surface area contributed by atoms with Crippen molar-refractivity contribution in [2.45, 2.75) is 43.8 Å². The molecule has 0 aliphatic heterocycles. The van der Waals surface area contributed by atoms with E-state index < -0.39 is 11.5 Å². The first-order valence-electron chi connectivity index (χ1n) is 6.29. The van der Waals surface area contributed by atoms with Crippen LogP contribution in [0.15, 0.2) is 18.2 Å². The van der Waals surface area contributed by atoms with Gasteiger partial charge in [-0.25, -0.2) is 8.78 Å². The van der Waals surface area contributed by atoms with E-state index in [9.17, 15) is 8.78 Å². The van der Waals surface area contributed by atoms with Gasteiger partial charge in [-0.2, -0.15) is 0 Å². The Bertz CT molecular complexity index is 424. The summed E-state index contributed by atoms with van der Waals surface area (Å²) in [4.78, 5) is 0. The van der Waals surface area contributed by atoms with Gasteiger partial charge in [-0.15, -0.1) is 0 Å². The maximum Gasteiger partial charge on any atom is 0.165 e. The monoisotopic (exact) mass is 255 g/mol. The minimum atomic E-state index is -1.29. The molecule has 2 atom stereocenters. The molecular formula is C14H19F2NO. The van der Waals surface area contributed by atoms with Crippen molar-refractivity contribution in [3.63, 3.8) is 0 Å². The molecule has 1 aromatic carbocycles. The highest BCUT2D eigenvalue weighted by Crippen LogP contribution is 2.35. The van der Waals surface area contributed by atoms with Gasteiger partial charge in [0.05, 0.1) is 7.11 Å². The number of hydrogen-bond donors (Lipinski definition) is 1. The Labute approximate surface area is 106 Å². The van der Waals surface area contributed by atoms with Gasteiger partial charge in [0.1, 0.15) is 5.67 Å². The molecule has 1 saturated carbocycles. The Balaban J connectivity index is 2.11. The van der Waals surface area contributed by atoms with Gasteiger partial charge >= 0.3 is 0 Å². The molecule has 2 unspecified atom stereocenters. The summed E-state index contributed by atoms with van der Waals surface area (Å²) in [6.07, 6.45) is 2.77. The average Bonchev–Trinajstić information content (AvgIpc) is 2.28. The van der Waals surface area contributed by atoms with Gasteiger partial charge in [-0.1, -0.05) is 6.07 Å². The number of rotatable bonds is 3. The van der Waals surface area contributed by atoms with Crippen LogP contribution in [0.3, 0.4) is 0 Å². The highest BCUT2D eigenvalue weighted by molar-refractivity contribution is 5.30. The van der Waals surface area contributed by atoms with Crippen LogP contribution in [0.5, 0.6) is 5.75 Å². The van der Waals surface area contributed by atoms with Crippen LogP contribution in [0.2, 0.25) is 0 Å². The lowest BCUT2D eigenvalue weighted by Gasteiger charge is -2.33. The predicted molar refractivity (Wildman–Crippen MR) is 66.9 cm³/mol. The van der Waals surface area contributed by atoms with Crippen LogP contribution in [0.1, 0.15) is 31.2 Å². The van der Waals surface area contributed by atoms with Crippen LogP contribution in [0.25, 0.3) is 0 Å². The molecular weight excluding hydrogens is 236 g/mol. The molecule has 0 aromatic heterocycles. The first-order valence-corrected chi connectivity index (χ1v) is 6.29. The Kier molecular flexibility index (Phi) is 3.85. The maximum absolute atomic E-state index is 14.6. The molecule has 1 aliphatic carbocycles. The van der Waals surface area contributed by atoms with Crippen LogP contribution >= 0.6 is 0 Å². The van der Waals surface area contributed by atoms with E-state index in [1.807, 2.05) is 0 Å². The van der Waals surface area contributed by atoms with Gasteiger partial charge in [0.2, 0.25) is 0 Å².